The molecule has 1 atom stereocenters. The highest BCUT2D eigenvalue weighted by Gasteiger charge is 2.23. The van der Waals surface area contributed by atoms with Crippen molar-refractivity contribution < 1.29 is 14.3 Å². The minimum absolute atomic E-state index is 0.0314. The second-order valence-corrected chi connectivity index (χ2v) is 5.99. The number of ether oxygens (including phenoxy) is 1. The number of nitrogens with one attached hydrogen (secondary N) is 2. The van der Waals surface area contributed by atoms with Gasteiger partial charge in [0, 0.05) is 5.54 Å². The van der Waals surface area contributed by atoms with Crippen molar-refractivity contribution in [2.45, 2.75) is 52.1 Å². The van der Waals surface area contributed by atoms with Crippen molar-refractivity contribution in [2.75, 3.05) is 13.2 Å². The van der Waals surface area contributed by atoms with E-state index in [4.69, 9.17) is 4.74 Å². The molecule has 1 aliphatic rings. The second-order valence-electron chi connectivity index (χ2n) is 5.99. The fraction of sp³-hybridized carbons (Fsp3) is 0.846. The molecule has 0 aromatic rings. The quantitative estimate of drug-likeness (QED) is 0.740. The predicted octanol–water partition coefficient (Wildman–Crippen LogP) is 0.832. The van der Waals surface area contributed by atoms with E-state index in [-0.39, 0.29) is 24.0 Å². The lowest BCUT2D eigenvalue weighted by molar-refractivity contribution is -0.131. The van der Waals surface area contributed by atoms with Crippen LogP contribution in [-0.4, -0.2) is 36.6 Å². The van der Waals surface area contributed by atoms with E-state index in [1.807, 2.05) is 20.8 Å². The van der Waals surface area contributed by atoms with Gasteiger partial charge in [0.25, 0.3) is 0 Å². The van der Waals surface area contributed by atoms with Gasteiger partial charge in [-0.25, -0.2) is 0 Å². The van der Waals surface area contributed by atoms with E-state index in [9.17, 15) is 9.59 Å². The molecule has 2 N–H and O–H groups in total. The summed E-state index contributed by atoms with van der Waals surface area (Å²) in [6, 6.07) is -0.541. The van der Waals surface area contributed by atoms with Gasteiger partial charge >= 0.3 is 0 Å². The van der Waals surface area contributed by atoms with Crippen LogP contribution in [0.4, 0.5) is 0 Å². The zero-order valence-corrected chi connectivity index (χ0v) is 11.7. The lowest BCUT2D eigenvalue weighted by Gasteiger charge is -2.23. The fourth-order valence-corrected chi connectivity index (χ4v) is 1.43. The number of carbonyl (C=O) groups is 2. The molecule has 0 aromatic heterocycles. The monoisotopic (exact) mass is 256 g/mol. The highest BCUT2D eigenvalue weighted by molar-refractivity contribution is 5.88. The molecule has 0 radical (unpaired) electrons. The Kier molecular flexibility index (Phi) is 5.14. The molecule has 0 aromatic carbocycles. The van der Waals surface area contributed by atoms with Crippen molar-refractivity contribution in [3.8, 4) is 0 Å². The van der Waals surface area contributed by atoms with Gasteiger partial charge in [-0.2, -0.15) is 0 Å². The van der Waals surface area contributed by atoms with Crippen LogP contribution < -0.4 is 10.6 Å². The zero-order valence-electron chi connectivity index (χ0n) is 11.7. The number of amides is 2. The molecule has 0 bridgehead atoms. The van der Waals surface area contributed by atoms with E-state index in [1.54, 1.807) is 6.92 Å². The molecule has 1 fully saturated rings. The van der Waals surface area contributed by atoms with Gasteiger partial charge in [-0.05, 0) is 46.5 Å². The Morgan fingerprint density at radius 2 is 1.94 bits per heavy atom. The first-order valence-electron chi connectivity index (χ1n) is 6.47. The van der Waals surface area contributed by atoms with E-state index < -0.39 is 6.04 Å². The largest absolute Gasteiger partial charge is 0.371 e. The molecule has 1 unspecified atom stereocenters. The topological polar surface area (TPSA) is 67.4 Å². The Hall–Kier alpha value is -1.10. The second kappa shape index (κ2) is 6.18. The van der Waals surface area contributed by atoms with Gasteiger partial charge in [-0.1, -0.05) is 0 Å². The van der Waals surface area contributed by atoms with Gasteiger partial charge in [0.1, 0.15) is 12.6 Å². The van der Waals surface area contributed by atoms with Gasteiger partial charge in [0.2, 0.25) is 11.8 Å². The molecule has 0 heterocycles. The highest BCUT2D eigenvalue weighted by Crippen LogP contribution is 2.28. The van der Waals surface area contributed by atoms with Gasteiger partial charge in [-0.15, -0.1) is 0 Å². The van der Waals surface area contributed by atoms with Crippen molar-refractivity contribution in [2.24, 2.45) is 5.92 Å². The summed E-state index contributed by atoms with van der Waals surface area (Å²) in [6.07, 6.45) is 2.40. The van der Waals surface area contributed by atoms with E-state index >= 15 is 0 Å². The van der Waals surface area contributed by atoms with Crippen LogP contribution in [0.3, 0.4) is 0 Å². The number of rotatable bonds is 6. The molecule has 5 heteroatoms. The van der Waals surface area contributed by atoms with Crippen LogP contribution in [0.25, 0.3) is 0 Å². The maximum atomic E-state index is 11.7. The Morgan fingerprint density at radius 3 is 2.44 bits per heavy atom. The molecule has 104 valence electrons. The van der Waals surface area contributed by atoms with Crippen LogP contribution >= 0.6 is 0 Å². The van der Waals surface area contributed by atoms with Crippen LogP contribution in [0.15, 0.2) is 0 Å². The lowest BCUT2D eigenvalue weighted by Crippen LogP contribution is -2.51. The van der Waals surface area contributed by atoms with Crippen LogP contribution in [0.2, 0.25) is 0 Å². The van der Waals surface area contributed by atoms with E-state index in [0.717, 1.165) is 0 Å². The summed E-state index contributed by atoms with van der Waals surface area (Å²) < 4.78 is 5.26. The molecule has 1 rings (SSSR count). The highest BCUT2D eigenvalue weighted by atomic mass is 16.5. The molecular formula is C13H24N2O3. The normalized spacial score (nSPS) is 17.1. The summed E-state index contributed by atoms with van der Waals surface area (Å²) in [5.74, 6) is 0.213. The van der Waals surface area contributed by atoms with Crippen molar-refractivity contribution in [3.05, 3.63) is 0 Å². The Morgan fingerprint density at radius 1 is 1.33 bits per heavy atom. The molecule has 0 saturated heterocycles. The Balaban J connectivity index is 2.18. The predicted molar refractivity (Wildman–Crippen MR) is 69.0 cm³/mol. The third kappa shape index (κ3) is 6.59. The van der Waals surface area contributed by atoms with Gasteiger partial charge in [-0.3, -0.25) is 9.59 Å². The minimum atomic E-state index is -0.541. The summed E-state index contributed by atoms with van der Waals surface area (Å²) >= 11 is 0. The SMILES string of the molecule is CC(NC(=O)COCC1CC1)C(=O)NC(C)(C)C. The summed E-state index contributed by atoms with van der Waals surface area (Å²) in [5.41, 5.74) is -0.293. The van der Waals surface area contributed by atoms with Crippen molar-refractivity contribution in [1.29, 1.82) is 0 Å². The van der Waals surface area contributed by atoms with Crippen LogP contribution in [-0.2, 0) is 14.3 Å². The third-order valence-electron chi connectivity index (χ3n) is 2.55. The first-order valence-corrected chi connectivity index (χ1v) is 6.47. The Bertz CT molecular complexity index is 306. The summed E-state index contributed by atoms with van der Waals surface area (Å²) in [6.45, 7) is 8.05. The van der Waals surface area contributed by atoms with Gasteiger partial charge < -0.3 is 15.4 Å². The average Bonchev–Trinajstić information content (AvgIpc) is 2.98. The first kappa shape index (κ1) is 15.0. The van der Waals surface area contributed by atoms with Gasteiger partial charge in [0.15, 0.2) is 0 Å². The molecule has 2 amide bonds. The van der Waals surface area contributed by atoms with Crippen LogP contribution in [0.1, 0.15) is 40.5 Å². The van der Waals surface area contributed by atoms with Crippen molar-refractivity contribution in [1.82, 2.24) is 10.6 Å². The number of carbonyl (C=O) groups excluding carboxylic acids is 2. The third-order valence-corrected chi connectivity index (χ3v) is 2.55. The zero-order chi connectivity index (χ0) is 13.8. The number of hydrogen-bond acceptors (Lipinski definition) is 3. The smallest absolute Gasteiger partial charge is 0.246 e. The molecule has 0 spiro atoms. The molecule has 1 saturated carbocycles. The van der Waals surface area contributed by atoms with Crippen molar-refractivity contribution >= 4 is 11.8 Å². The number of hydrogen-bond donors (Lipinski definition) is 2. The average molecular weight is 256 g/mol. The molecule has 18 heavy (non-hydrogen) atoms. The van der Waals surface area contributed by atoms with E-state index in [1.165, 1.54) is 12.8 Å². The standard InChI is InChI=1S/C13H24N2O3/c1-9(12(17)15-13(2,3)4)14-11(16)8-18-7-10-5-6-10/h9-10H,5-8H2,1-4H3,(H,14,16)(H,15,17). The maximum absolute atomic E-state index is 11.7. The van der Waals surface area contributed by atoms with Crippen LogP contribution in [0, 0.1) is 5.92 Å². The first-order chi connectivity index (χ1) is 8.28. The minimum Gasteiger partial charge on any atom is -0.371 e. The van der Waals surface area contributed by atoms with E-state index in [2.05, 4.69) is 10.6 Å². The van der Waals surface area contributed by atoms with Crippen molar-refractivity contribution in [3.63, 3.8) is 0 Å². The molecule has 0 aliphatic heterocycles. The van der Waals surface area contributed by atoms with Crippen LogP contribution in [0.5, 0.6) is 0 Å². The lowest BCUT2D eigenvalue weighted by atomic mass is 10.1. The maximum Gasteiger partial charge on any atom is 0.246 e. The summed E-state index contributed by atoms with van der Waals surface area (Å²) in [7, 11) is 0. The molecule has 5 nitrogen and oxygen atoms in total. The molecular weight excluding hydrogens is 232 g/mol. The Labute approximate surface area is 109 Å². The van der Waals surface area contributed by atoms with E-state index in [0.29, 0.717) is 12.5 Å². The summed E-state index contributed by atoms with van der Waals surface area (Å²) in [4.78, 5) is 23.2. The molecule has 1 aliphatic carbocycles. The fourth-order valence-electron chi connectivity index (χ4n) is 1.43. The van der Waals surface area contributed by atoms with Gasteiger partial charge in [0.05, 0.1) is 6.61 Å². The summed E-state index contributed by atoms with van der Waals surface area (Å²) in [5, 5.41) is 5.43.